The van der Waals surface area contributed by atoms with E-state index in [1.165, 1.54) is 5.56 Å². The molecule has 0 unspecified atom stereocenters. The van der Waals surface area contributed by atoms with E-state index < -0.39 is 0 Å². The number of carbonyl (C=O) groups is 1. The first-order valence-electron chi connectivity index (χ1n) is 9.21. The minimum atomic E-state index is 0.138. The van der Waals surface area contributed by atoms with Gasteiger partial charge in [-0.25, -0.2) is 9.97 Å². The largest absolute Gasteiger partial charge is 0.385 e. The summed E-state index contributed by atoms with van der Waals surface area (Å²) in [4.78, 5) is 23.4. The summed E-state index contributed by atoms with van der Waals surface area (Å²) in [7, 11) is 5.60. The number of aromatic nitrogens is 3. The van der Waals surface area contributed by atoms with Crippen LogP contribution in [-0.4, -0.2) is 41.1 Å². The Balaban J connectivity index is 1.93. The zero-order chi connectivity index (χ0) is 19.4. The number of fused-ring (bicyclic) bond motifs is 1. The Morgan fingerprint density at radius 3 is 2.81 bits per heavy atom. The molecule has 3 aromatic rings. The highest BCUT2D eigenvalue weighted by atomic mass is 16.5. The molecule has 142 valence electrons. The third kappa shape index (κ3) is 4.01. The van der Waals surface area contributed by atoms with Crippen LogP contribution in [-0.2, 0) is 18.2 Å². The van der Waals surface area contributed by atoms with Crippen LogP contribution in [0.4, 0.5) is 11.5 Å². The summed E-state index contributed by atoms with van der Waals surface area (Å²) in [6.45, 7) is 2.71. The summed E-state index contributed by atoms with van der Waals surface area (Å²) in [5.74, 6) is 0.962. The monoisotopic (exact) mass is 366 g/mol. The number of aryl methyl sites for hydroxylation is 2. The Hall–Kier alpha value is -2.73. The number of nitrogens with zero attached hydrogens (tertiary/aromatic N) is 4. The predicted octanol–water partition coefficient (Wildman–Crippen LogP) is 3.91. The summed E-state index contributed by atoms with van der Waals surface area (Å²) in [6, 6.07) is 7.96. The van der Waals surface area contributed by atoms with Crippen LogP contribution >= 0.6 is 0 Å². The van der Waals surface area contributed by atoms with Gasteiger partial charge in [0.1, 0.15) is 11.3 Å². The maximum absolute atomic E-state index is 12.5. The minimum absolute atomic E-state index is 0.138. The fraction of sp³-hybridized carbons (Fsp3) is 0.381. The first-order chi connectivity index (χ1) is 13.0. The van der Waals surface area contributed by atoms with Gasteiger partial charge in [0, 0.05) is 51.6 Å². The van der Waals surface area contributed by atoms with Crippen LogP contribution in [0, 0.1) is 0 Å². The number of carbonyl (C=O) groups excluding carboxylic acids is 1. The second kappa shape index (κ2) is 8.31. The second-order valence-corrected chi connectivity index (χ2v) is 6.66. The van der Waals surface area contributed by atoms with Crippen molar-refractivity contribution in [3.8, 4) is 0 Å². The molecule has 0 saturated carbocycles. The molecule has 0 saturated heterocycles. The molecular formula is C21H26N4O2. The summed E-state index contributed by atoms with van der Waals surface area (Å²) in [5.41, 5.74) is 4.80. The predicted molar refractivity (Wildman–Crippen MR) is 108 cm³/mol. The van der Waals surface area contributed by atoms with Crippen LogP contribution in [0.15, 0.2) is 36.8 Å². The molecule has 2 aromatic heterocycles. The summed E-state index contributed by atoms with van der Waals surface area (Å²) >= 11 is 0. The number of rotatable bonds is 8. The lowest BCUT2D eigenvalue weighted by atomic mass is 10.0. The first kappa shape index (κ1) is 19.0. The number of hydrogen-bond acceptors (Lipinski definition) is 5. The van der Waals surface area contributed by atoms with Crippen LogP contribution in [0.3, 0.4) is 0 Å². The summed E-state index contributed by atoms with van der Waals surface area (Å²) in [6.07, 6.45) is 5.67. The molecule has 0 radical (unpaired) electrons. The van der Waals surface area contributed by atoms with Crippen LogP contribution in [0.5, 0.6) is 0 Å². The van der Waals surface area contributed by atoms with Gasteiger partial charge in [-0.3, -0.25) is 4.79 Å². The average molecular weight is 366 g/mol. The maximum Gasteiger partial charge on any atom is 0.163 e. The van der Waals surface area contributed by atoms with Crippen LogP contribution in [0.25, 0.3) is 11.0 Å². The van der Waals surface area contributed by atoms with E-state index in [1.807, 2.05) is 47.8 Å². The van der Waals surface area contributed by atoms with Crippen molar-refractivity contribution in [1.82, 2.24) is 14.5 Å². The number of anilines is 2. The quantitative estimate of drug-likeness (QED) is 0.447. The molecular weight excluding hydrogens is 340 g/mol. The summed E-state index contributed by atoms with van der Waals surface area (Å²) < 4.78 is 7.02. The van der Waals surface area contributed by atoms with Crippen LogP contribution in [0.1, 0.15) is 35.7 Å². The Labute approximate surface area is 159 Å². The fourth-order valence-corrected chi connectivity index (χ4v) is 3.20. The van der Waals surface area contributed by atoms with Gasteiger partial charge in [-0.15, -0.1) is 0 Å². The molecule has 6 heteroatoms. The van der Waals surface area contributed by atoms with E-state index in [0.717, 1.165) is 40.9 Å². The van der Waals surface area contributed by atoms with E-state index in [-0.39, 0.29) is 5.78 Å². The average Bonchev–Trinajstić information content (AvgIpc) is 3.07. The van der Waals surface area contributed by atoms with Gasteiger partial charge in [-0.05, 0) is 24.5 Å². The number of hydrogen-bond donors (Lipinski definition) is 0. The number of methoxy groups -OCH3 is 1. The van der Waals surface area contributed by atoms with Crippen molar-refractivity contribution < 1.29 is 9.53 Å². The molecule has 0 amide bonds. The molecule has 0 fully saturated rings. The summed E-state index contributed by atoms with van der Waals surface area (Å²) in [5, 5.41) is 0. The Morgan fingerprint density at radius 2 is 2.07 bits per heavy atom. The van der Waals surface area contributed by atoms with Gasteiger partial charge in [0.05, 0.1) is 18.0 Å². The number of benzene rings is 1. The molecule has 0 spiro atoms. The zero-order valence-corrected chi connectivity index (χ0v) is 16.4. The molecule has 3 rings (SSSR count). The smallest absolute Gasteiger partial charge is 0.163 e. The molecule has 6 nitrogen and oxygen atoms in total. The number of ether oxygens (including phenoxy) is 1. The Kier molecular flexibility index (Phi) is 5.86. The number of ketones is 1. The third-order valence-electron chi connectivity index (χ3n) is 4.84. The number of Topliss-reactive ketones (excluding diaryl/α,β-unsaturated/α-hetero) is 1. The van der Waals surface area contributed by atoms with Crippen molar-refractivity contribution in [3.63, 3.8) is 0 Å². The second-order valence-electron chi connectivity index (χ2n) is 6.66. The van der Waals surface area contributed by atoms with Crippen molar-refractivity contribution in [3.05, 3.63) is 47.9 Å². The van der Waals surface area contributed by atoms with Crippen molar-refractivity contribution in [2.75, 3.05) is 25.7 Å². The van der Waals surface area contributed by atoms with Gasteiger partial charge in [0.25, 0.3) is 0 Å². The van der Waals surface area contributed by atoms with Crippen molar-refractivity contribution >= 4 is 28.3 Å². The molecule has 0 N–H and O–H groups in total. The molecule has 0 bridgehead atoms. The van der Waals surface area contributed by atoms with Gasteiger partial charge in [0.2, 0.25) is 0 Å². The lowest BCUT2D eigenvalue weighted by molar-refractivity contribution is 0.0963. The molecule has 1 aromatic carbocycles. The van der Waals surface area contributed by atoms with Crippen LogP contribution < -0.4 is 4.90 Å². The topological polar surface area (TPSA) is 60.2 Å². The number of imidazole rings is 1. The van der Waals surface area contributed by atoms with Crippen molar-refractivity contribution in [2.45, 2.75) is 26.2 Å². The van der Waals surface area contributed by atoms with Gasteiger partial charge >= 0.3 is 0 Å². The standard InChI is InChI=1S/C21H26N4O2/c1-5-15-8-9-16(20(26)7-6-10-27-4)11-18(15)25(3)21-12-19-17(13-22-21)23-14-24(19)2/h8-9,11-14H,5-7,10H2,1-4H3. The van der Waals surface area contributed by atoms with Crippen molar-refractivity contribution in [1.29, 1.82) is 0 Å². The number of pyridine rings is 1. The van der Waals surface area contributed by atoms with E-state index >= 15 is 0 Å². The molecule has 0 aliphatic rings. The molecule has 27 heavy (non-hydrogen) atoms. The normalized spacial score (nSPS) is 11.1. The molecule has 2 heterocycles. The van der Waals surface area contributed by atoms with E-state index in [1.54, 1.807) is 19.6 Å². The molecule has 0 atom stereocenters. The Morgan fingerprint density at radius 1 is 1.26 bits per heavy atom. The highest BCUT2D eigenvalue weighted by molar-refractivity contribution is 5.97. The first-order valence-corrected chi connectivity index (χ1v) is 9.21. The van der Waals surface area contributed by atoms with E-state index in [9.17, 15) is 4.79 Å². The van der Waals surface area contributed by atoms with Gasteiger partial charge in [0.15, 0.2) is 5.78 Å². The zero-order valence-electron chi connectivity index (χ0n) is 16.4. The fourth-order valence-electron chi connectivity index (χ4n) is 3.20. The highest BCUT2D eigenvalue weighted by Crippen LogP contribution is 2.29. The Bertz CT molecular complexity index is 949. The van der Waals surface area contributed by atoms with Gasteiger partial charge in [-0.1, -0.05) is 19.1 Å². The lowest BCUT2D eigenvalue weighted by Crippen LogP contribution is -2.14. The highest BCUT2D eigenvalue weighted by Gasteiger charge is 2.15. The van der Waals surface area contributed by atoms with E-state index in [0.29, 0.717) is 13.0 Å². The third-order valence-corrected chi connectivity index (χ3v) is 4.84. The molecule has 0 aliphatic carbocycles. The minimum Gasteiger partial charge on any atom is -0.385 e. The molecule has 0 aliphatic heterocycles. The maximum atomic E-state index is 12.5. The van der Waals surface area contributed by atoms with Gasteiger partial charge in [-0.2, -0.15) is 0 Å². The SMILES string of the molecule is CCc1ccc(C(=O)CCCOC)cc1N(C)c1cc2c(cn1)ncn2C. The van der Waals surface area contributed by atoms with E-state index in [4.69, 9.17) is 4.74 Å². The van der Waals surface area contributed by atoms with E-state index in [2.05, 4.69) is 16.9 Å². The van der Waals surface area contributed by atoms with Gasteiger partial charge < -0.3 is 14.2 Å². The lowest BCUT2D eigenvalue weighted by Gasteiger charge is -2.22. The van der Waals surface area contributed by atoms with Crippen molar-refractivity contribution in [2.24, 2.45) is 7.05 Å². The van der Waals surface area contributed by atoms with Crippen LogP contribution in [0.2, 0.25) is 0 Å².